The molecule has 3 rings (SSSR count). The molecule has 0 saturated heterocycles. The van der Waals surface area contributed by atoms with E-state index >= 15 is 0 Å². The van der Waals surface area contributed by atoms with Gasteiger partial charge in [0.05, 0.1) is 17.6 Å². The second kappa shape index (κ2) is 6.69. The number of nitrogens with zero attached hydrogens (tertiary/aromatic N) is 2. The normalized spacial score (nSPS) is 11.7. The van der Waals surface area contributed by atoms with Crippen LogP contribution in [0, 0.1) is 11.3 Å². The predicted octanol–water partition coefficient (Wildman–Crippen LogP) is 2.61. The standard InChI is InChI=1S/C17H15N3O2.ClH/c1-20-15-9-13(6-7-16(15)22-17(20)21)12-4-2-11(3-5-12)8-14(19)10-18;/h2-7,9,14H,8,19H2,1H3;1H/t14-;/m0./s1. The number of hydrogen-bond acceptors (Lipinski definition) is 4. The molecule has 0 radical (unpaired) electrons. The van der Waals surface area contributed by atoms with Gasteiger partial charge in [-0.2, -0.15) is 5.26 Å². The number of benzene rings is 2. The van der Waals surface area contributed by atoms with Gasteiger partial charge < -0.3 is 10.2 Å². The lowest BCUT2D eigenvalue weighted by molar-refractivity contribution is 0.528. The molecule has 6 heteroatoms. The van der Waals surface area contributed by atoms with Crippen molar-refractivity contribution in [3.8, 4) is 17.2 Å². The average Bonchev–Trinajstić information content (AvgIpc) is 2.82. The summed E-state index contributed by atoms with van der Waals surface area (Å²) >= 11 is 0. The van der Waals surface area contributed by atoms with Crippen LogP contribution in [0.15, 0.2) is 51.7 Å². The minimum absolute atomic E-state index is 0. The van der Waals surface area contributed by atoms with E-state index in [1.54, 1.807) is 13.1 Å². The molecule has 0 unspecified atom stereocenters. The summed E-state index contributed by atoms with van der Waals surface area (Å²) in [5, 5.41) is 8.75. The quantitative estimate of drug-likeness (QED) is 0.800. The monoisotopic (exact) mass is 329 g/mol. The molecule has 0 saturated carbocycles. The molecule has 0 spiro atoms. The first-order valence-electron chi connectivity index (χ1n) is 6.92. The Morgan fingerprint density at radius 2 is 1.87 bits per heavy atom. The maximum Gasteiger partial charge on any atom is 0.419 e. The van der Waals surface area contributed by atoms with E-state index < -0.39 is 6.04 Å². The third-order valence-corrected chi connectivity index (χ3v) is 3.70. The maximum absolute atomic E-state index is 11.5. The summed E-state index contributed by atoms with van der Waals surface area (Å²) in [4.78, 5) is 11.5. The average molecular weight is 330 g/mol. The van der Waals surface area contributed by atoms with Crippen LogP contribution in [0.2, 0.25) is 0 Å². The summed E-state index contributed by atoms with van der Waals surface area (Å²) in [6.07, 6.45) is 0.534. The van der Waals surface area contributed by atoms with E-state index in [0.717, 1.165) is 22.2 Å². The molecule has 2 aromatic carbocycles. The van der Waals surface area contributed by atoms with Gasteiger partial charge in [-0.1, -0.05) is 30.3 Å². The SMILES string of the molecule is Cl.Cn1c(=O)oc2ccc(-c3ccc(C[C@H](N)C#N)cc3)cc21. The molecule has 1 atom stereocenters. The van der Waals surface area contributed by atoms with Crippen LogP contribution in [0.25, 0.3) is 22.2 Å². The number of oxazole rings is 1. The van der Waals surface area contributed by atoms with Crippen LogP contribution in [0.5, 0.6) is 0 Å². The van der Waals surface area contributed by atoms with E-state index in [1.165, 1.54) is 4.57 Å². The Morgan fingerprint density at radius 3 is 2.52 bits per heavy atom. The summed E-state index contributed by atoms with van der Waals surface area (Å²) in [6, 6.07) is 15.1. The molecule has 1 aromatic heterocycles. The van der Waals surface area contributed by atoms with Crippen LogP contribution < -0.4 is 11.5 Å². The van der Waals surface area contributed by atoms with Crippen molar-refractivity contribution in [3.05, 3.63) is 58.6 Å². The van der Waals surface area contributed by atoms with E-state index in [2.05, 4.69) is 0 Å². The number of aryl methyl sites for hydroxylation is 1. The first kappa shape index (κ1) is 16.8. The Morgan fingerprint density at radius 1 is 1.22 bits per heavy atom. The van der Waals surface area contributed by atoms with Crippen molar-refractivity contribution in [2.45, 2.75) is 12.5 Å². The molecule has 0 aliphatic rings. The first-order chi connectivity index (χ1) is 10.6. The second-order valence-corrected chi connectivity index (χ2v) is 5.25. The van der Waals surface area contributed by atoms with Gasteiger partial charge in [0.2, 0.25) is 0 Å². The van der Waals surface area contributed by atoms with Crippen LogP contribution in [0.4, 0.5) is 0 Å². The number of fused-ring (bicyclic) bond motifs is 1. The molecule has 2 N–H and O–H groups in total. The van der Waals surface area contributed by atoms with Crippen molar-refractivity contribution in [3.63, 3.8) is 0 Å². The van der Waals surface area contributed by atoms with E-state index in [9.17, 15) is 4.79 Å². The van der Waals surface area contributed by atoms with Crippen LogP contribution in [-0.4, -0.2) is 10.6 Å². The largest absolute Gasteiger partial charge is 0.419 e. The highest BCUT2D eigenvalue weighted by Crippen LogP contribution is 2.24. The summed E-state index contributed by atoms with van der Waals surface area (Å²) in [5.74, 6) is -0.368. The number of nitriles is 1. The fourth-order valence-corrected chi connectivity index (χ4v) is 2.44. The van der Waals surface area contributed by atoms with E-state index in [0.29, 0.717) is 12.0 Å². The minimum Gasteiger partial charge on any atom is -0.408 e. The molecular weight excluding hydrogens is 314 g/mol. The lowest BCUT2D eigenvalue weighted by atomic mass is 10.0. The Kier molecular flexibility index (Phi) is 4.89. The number of aromatic nitrogens is 1. The van der Waals surface area contributed by atoms with Gasteiger partial charge in [0.25, 0.3) is 0 Å². The van der Waals surface area contributed by atoms with Gasteiger partial charge in [0, 0.05) is 13.5 Å². The van der Waals surface area contributed by atoms with Crippen molar-refractivity contribution in [2.24, 2.45) is 12.8 Å². The zero-order chi connectivity index (χ0) is 15.7. The van der Waals surface area contributed by atoms with Gasteiger partial charge in [-0.25, -0.2) is 4.79 Å². The molecule has 0 aliphatic carbocycles. The van der Waals surface area contributed by atoms with E-state index in [-0.39, 0.29) is 18.2 Å². The van der Waals surface area contributed by atoms with Crippen molar-refractivity contribution < 1.29 is 4.42 Å². The van der Waals surface area contributed by atoms with Crippen LogP contribution in [0.3, 0.4) is 0 Å². The van der Waals surface area contributed by atoms with Gasteiger partial charge in [-0.05, 0) is 28.8 Å². The number of nitrogens with two attached hydrogens (primary N) is 1. The van der Waals surface area contributed by atoms with Crippen LogP contribution in [0.1, 0.15) is 5.56 Å². The molecule has 0 fully saturated rings. The first-order valence-corrected chi connectivity index (χ1v) is 6.92. The molecule has 5 nitrogen and oxygen atoms in total. The zero-order valence-corrected chi connectivity index (χ0v) is 13.3. The van der Waals surface area contributed by atoms with Gasteiger partial charge in [-0.3, -0.25) is 4.57 Å². The highest BCUT2D eigenvalue weighted by molar-refractivity contribution is 5.85. The Hall–Kier alpha value is -2.55. The fourth-order valence-electron chi connectivity index (χ4n) is 2.44. The maximum atomic E-state index is 11.5. The Bertz CT molecular complexity index is 920. The van der Waals surface area contributed by atoms with Crippen molar-refractivity contribution >= 4 is 23.5 Å². The molecule has 0 bridgehead atoms. The molecule has 1 heterocycles. The molecule has 3 aromatic rings. The number of hydrogen-bond donors (Lipinski definition) is 1. The summed E-state index contributed by atoms with van der Waals surface area (Å²) in [7, 11) is 1.68. The lowest BCUT2D eigenvalue weighted by Crippen LogP contribution is -2.19. The Labute approximate surface area is 139 Å². The highest BCUT2D eigenvalue weighted by atomic mass is 35.5. The summed E-state index contributed by atoms with van der Waals surface area (Å²) in [5.41, 5.74) is 10.0. The van der Waals surface area contributed by atoms with E-state index in [1.807, 2.05) is 42.5 Å². The van der Waals surface area contributed by atoms with Gasteiger partial charge in [0.15, 0.2) is 5.58 Å². The zero-order valence-electron chi connectivity index (χ0n) is 12.5. The third-order valence-electron chi connectivity index (χ3n) is 3.70. The molecule has 23 heavy (non-hydrogen) atoms. The number of halogens is 1. The van der Waals surface area contributed by atoms with E-state index in [4.69, 9.17) is 15.4 Å². The predicted molar refractivity (Wildman–Crippen MR) is 91.4 cm³/mol. The van der Waals surface area contributed by atoms with Crippen molar-refractivity contribution in [1.82, 2.24) is 4.57 Å². The van der Waals surface area contributed by atoms with Gasteiger partial charge in [-0.15, -0.1) is 12.4 Å². The molecule has 0 aliphatic heterocycles. The van der Waals surface area contributed by atoms with Gasteiger partial charge >= 0.3 is 5.76 Å². The minimum atomic E-state index is -0.484. The smallest absolute Gasteiger partial charge is 0.408 e. The Balaban J connectivity index is 0.00000192. The van der Waals surface area contributed by atoms with Crippen LogP contribution >= 0.6 is 12.4 Å². The van der Waals surface area contributed by atoms with Crippen molar-refractivity contribution in [1.29, 1.82) is 5.26 Å². The van der Waals surface area contributed by atoms with Crippen molar-refractivity contribution in [2.75, 3.05) is 0 Å². The third kappa shape index (κ3) is 3.29. The lowest BCUT2D eigenvalue weighted by Gasteiger charge is -2.06. The highest BCUT2D eigenvalue weighted by Gasteiger charge is 2.08. The molecular formula is C17H16ClN3O2. The fraction of sp³-hybridized carbons (Fsp3) is 0.176. The number of rotatable bonds is 3. The van der Waals surface area contributed by atoms with Gasteiger partial charge in [0.1, 0.15) is 0 Å². The summed E-state index contributed by atoms with van der Waals surface area (Å²) in [6.45, 7) is 0. The molecule has 118 valence electrons. The molecule has 0 amide bonds. The summed E-state index contributed by atoms with van der Waals surface area (Å²) < 4.78 is 6.61. The topological polar surface area (TPSA) is 84.9 Å². The second-order valence-electron chi connectivity index (χ2n) is 5.25. The van der Waals surface area contributed by atoms with Crippen LogP contribution in [-0.2, 0) is 13.5 Å².